The van der Waals surface area contributed by atoms with Gasteiger partial charge in [0.1, 0.15) is 0 Å². The summed E-state index contributed by atoms with van der Waals surface area (Å²) < 4.78 is 7.67. The number of pyridine rings is 1. The highest BCUT2D eigenvalue weighted by molar-refractivity contribution is 5.89. The molecule has 0 bridgehead atoms. The highest BCUT2D eigenvalue weighted by Crippen LogP contribution is 2.11. The Morgan fingerprint density at radius 2 is 1.73 bits per heavy atom. The van der Waals surface area contributed by atoms with Gasteiger partial charge in [-0.1, -0.05) is 18.9 Å². The molecular formula is C22H31N3O5. The van der Waals surface area contributed by atoms with Crippen molar-refractivity contribution in [3.8, 4) is 0 Å². The van der Waals surface area contributed by atoms with Crippen LogP contribution in [0.2, 0.25) is 0 Å². The van der Waals surface area contributed by atoms with E-state index in [9.17, 15) is 9.59 Å². The summed E-state index contributed by atoms with van der Waals surface area (Å²) in [5.41, 5.74) is 2.14. The quantitative estimate of drug-likeness (QED) is 0.477. The second-order valence-electron chi connectivity index (χ2n) is 7.23. The van der Waals surface area contributed by atoms with Gasteiger partial charge in [0.05, 0.1) is 17.8 Å². The number of carboxylic acid groups (broad SMARTS) is 2. The molecule has 1 saturated heterocycles. The highest BCUT2D eigenvalue weighted by atomic mass is 16.5. The topological polar surface area (TPSA) is 104 Å². The van der Waals surface area contributed by atoms with Crippen molar-refractivity contribution < 1.29 is 24.5 Å². The molecule has 2 N–H and O–H groups in total. The molecule has 0 unspecified atom stereocenters. The molecule has 2 aromatic heterocycles. The van der Waals surface area contributed by atoms with E-state index in [-0.39, 0.29) is 0 Å². The van der Waals surface area contributed by atoms with Crippen molar-refractivity contribution in [2.75, 3.05) is 26.2 Å². The Kier molecular flexibility index (Phi) is 10.6. The number of fused-ring (bicyclic) bond motifs is 1. The van der Waals surface area contributed by atoms with Gasteiger partial charge in [-0.05, 0) is 63.5 Å². The van der Waals surface area contributed by atoms with Crippen LogP contribution in [0.5, 0.6) is 0 Å². The fourth-order valence-corrected chi connectivity index (χ4v) is 3.28. The molecule has 3 rings (SSSR count). The van der Waals surface area contributed by atoms with Gasteiger partial charge in [0.25, 0.3) is 0 Å². The molecule has 1 fully saturated rings. The van der Waals surface area contributed by atoms with Gasteiger partial charge in [0.2, 0.25) is 0 Å². The number of aromatic nitrogens is 2. The summed E-state index contributed by atoms with van der Waals surface area (Å²) in [5.74, 6) is -2.51. The van der Waals surface area contributed by atoms with Crippen LogP contribution in [0.25, 0.3) is 5.52 Å². The molecule has 3 heterocycles. The third kappa shape index (κ3) is 9.67. The predicted octanol–water partition coefficient (Wildman–Crippen LogP) is 3.22. The van der Waals surface area contributed by atoms with Gasteiger partial charge in [-0.25, -0.2) is 14.1 Å². The molecule has 0 atom stereocenters. The van der Waals surface area contributed by atoms with E-state index in [1.54, 1.807) is 0 Å². The van der Waals surface area contributed by atoms with E-state index in [1.807, 2.05) is 22.8 Å². The minimum Gasteiger partial charge on any atom is -0.478 e. The first kappa shape index (κ1) is 23.6. The lowest BCUT2D eigenvalue weighted by Gasteiger charge is -2.19. The Hall–Kier alpha value is -2.71. The van der Waals surface area contributed by atoms with Crippen LogP contribution >= 0.6 is 0 Å². The number of aliphatic carboxylic acids is 2. The number of hydrogen-bond acceptors (Lipinski definition) is 5. The van der Waals surface area contributed by atoms with Crippen LogP contribution in [-0.2, 0) is 20.9 Å². The first-order valence-corrected chi connectivity index (χ1v) is 10.4. The van der Waals surface area contributed by atoms with Gasteiger partial charge in [-0.2, -0.15) is 5.10 Å². The SMILES string of the molecule is O=C(O)/C=C\C(=O)O.c1ccn2nc(COCCCCN3CCCCCC3)cc2c1. The van der Waals surface area contributed by atoms with Gasteiger partial charge >= 0.3 is 11.9 Å². The molecule has 1 aliphatic rings. The predicted molar refractivity (Wildman–Crippen MR) is 113 cm³/mol. The number of carboxylic acids is 2. The second kappa shape index (κ2) is 13.5. The van der Waals surface area contributed by atoms with Crippen LogP contribution in [0, 0.1) is 0 Å². The van der Waals surface area contributed by atoms with Crippen LogP contribution in [0.4, 0.5) is 0 Å². The van der Waals surface area contributed by atoms with Crippen LogP contribution in [-0.4, -0.2) is 62.9 Å². The fraction of sp³-hybridized carbons (Fsp3) is 0.500. The van der Waals surface area contributed by atoms with E-state index in [4.69, 9.17) is 14.9 Å². The number of carbonyl (C=O) groups is 2. The fourth-order valence-electron chi connectivity index (χ4n) is 3.28. The van der Waals surface area contributed by atoms with Crippen LogP contribution < -0.4 is 0 Å². The molecule has 0 radical (unpaired) electrons. The number of ether oxygens (including phenoxy) is 1. The minimum absolute atomic E-state index is 0.558. The van der Waals surface area contributed by atoms with Gasteiger partial charge in [0, 0.05) is 25.0 Å². The number of rotatable bonds is 9. The Morgan fingerprint density at radius 3 is 2.37 bits per heavy atom. The molecule has 0 saturated carbocycles. The molecule has 164 valence electrons. The summed E-state index contributed by atoms with van der Waals surface area (Å²) in [7, 11) is 0. The molecule has 0 aromatic carbocycles. The van der Waals surface area contributed by atoms with E-state index in [2.05, 4.69) is 22.1 Å². The van der Waals surface area contributed by atoms with Crippen molar-refractivity contribution in [1.29, 1.82) is 0 Å². The third-order valence-corrected chi connectivity index (χ3v) is 4.75. The van der Waals surface area contributed by atoms with Crippen molar-refractivity contribution >= 4 is 17.5 Å². The van der Waals surface area contributed by atoms with Crippen LogP contribution in [0.15, 0.2) is 42.6 Å². The van der Waals surface area contributed by atoms with Crippen molar-refractivity contribution in [2.24, 2.45) is 0 Å². The molecule has 8 nitrogen and oxygen atoms in total. The maximum atomic E-state index is 9.55. The summed E-state index contributed by atoms with van der Waals surface area (Å²) in [6, 6.07) is 8.19. The molecule has 0 amide bonds. The lowest BCUT2D eigenvalue weighted by molar-refractivity contribution is -0.134. The van der Waals surface area contributed by atoms with Crippen molar-refractivity contribution in [2.45, 2.75) is 45.1 Å². The Morgan fingerprint density at radius 1 is 1.03 bits per heavy atom. The van der Waals surface area contributed by atoms with Gasteiger partial charge in [-0.3, -0.25) is 0 Å². The molecule has 2 aromatic rings. The average molecular weight is 418 g/mol. The van der Waals surface area contributed by atoms with E-state index >= 15 is 0 Å². The first-order chi connectivity index (χ1) is 14.5. The number of unbranched alkanes of at least 4 members (excludes halogenated alkanes) is 1. The maximum Gasteiger partial charge on any atom is 0.328 e. The van der Waals surface area contributed by atoms with E-state index in [0.717, 1.165) is 24.2 Å². The normalized spacial score (nSPS) is 14.9. The Labute approximate surface area is 176 Å². The van der Waals surface area contributed by atoms with Crippen LogP contribution in [0.3, 0.4) is 0 Å². The second-order valence-corrected chi connectivity index (χ2v) is 7.23. The number of nitrogens with zero attached hydrogens (tertiary/aromatic N) is 3. The van der Waals surface area contributed by atoms with E-state index in [0.29, 0.717) is 18.8 Å². The zero-order valence-corrected chi connectivity index (χ0v) is 17.3. The summed E-state index contributed by atoms with van der Waals surface area (Å²) in [5, 5.41) is 20.1. The molecule has 0 spiro atoms. The Bertz CT molecular complexity index is 761. The molecule has 8 heteroatoms. The summed E-state index contributed by atoms with van der Waals surface area (Å²) in [6.45, 7) is 5.27. The zero-order valence-electron chi connectivity index (χ0n) is 17.3. The standard InChI is InChI=1S/C18H27N3O.C4H4O4/c1-2-5-11-20(10-4-1)12-7-8-14-22-16-17-15-18-9-3-6-13-21(18)19-17;5-3(6)1-2-4(7)8/h3,6,9,13,15H,1-2,4-5,7-8,10-12,14,16H2;1-2H,(H,5,6)(H,7,8)/b;2-1-. The average Bonchev–Trinajstić information content (AvgIpc) is 2.96. The summed E-state index contributed by atoms with van der Waals surface area (Å²) in [6.07, 6.45) is 11.1. The van der Waals surface area contributed by atoms with Gasteiger partial charge in [0.15, 0.2) is 0 Å². The lowest BCUT2D eigenvalue weighted by atomic mass is 10.2. The van der Waals surface area contributed by atoms with E-state index < -0.39 is 11.9 Å². The maximum absolute atomic E-state index is 9.55. The highest BCUT2D eigenvalue weighted by Gasteiger charge is 2.08. The van der Waals surface area contributed by atoms with E-state index in [1.165, 1.54) is 51.7 Å². The molecule has 30 heavy (non-hydrogen) atoms. The van der Waals surface area contributed by atoms with Gasteiger partial charge in [-0.15, -0.1) is 0 Å². The number of hydrogen-bond donors (Lipinski definition) is 2. The largest absolute Gasteiger partial charge is 0.478 e. The smallest absolute Gasteiger partial charge is 0.328 e. The third-order valence-electron chi connectivity index (χ3n) is 4.75. The van der Waals surface area contributed by atoms with Crippen molar-refractivity contribution in [1.82, 2.24) is 14.5 Å². The Balaban J connectivity index is 0.000000343. The zero-order chi connectivity index (χ0) is 21.6. The summed E-state index contributed by atoms with van der Waals surface area (Å²) >= 11 is 0. The van der Waals surface area contributed by atoms with Crippen molar-refractivity contribution in [3.05, 3.63) is 48.3 Å². The first-order valence-electron chi connectivity index (χ1n) is 10.4. The molecule has 0 aliphatic carbocycles. The lowest BCUT2D eigenvalue weighted by Crippen LogP contribution is -2.25. The van der Waals surface area contributed by atoms with Crippen molar-refractivity contribution in [3.63, 3.8) is 0 Å². The summed E-state index contributed by atoms with van der Waals surface area (Å²) in [4.78, 5) is 21.7. The molecule has 1 aliphatic heterocycles. The minimum atomic E-state index is -1.26. The monoisotopic (exact) mass is 417 g/mol. The number of likely N-dealkylation sites (tertiary alicyclic amines) is 1. The van der Waals surface area contributed by atoms with Gasteiger partial charge < -0.3 is 19.8 Å². The van der Waals surface area contributed by atoms with Crippen LogP contribution in [0.1, 0.15) is 44.2 Å². The molecular weight excluding hydrogens is 386 g/mol.